The molecule has 2 heterocycles. The van der Waals surface area contributed by atoms with E-state index >= 15 is 0 Å². The predicted molar refractivity (Wildman–Crippen MR) is 162 cm³/mol. The van der Waals surface area contributed by atoms with Crippen molar-refractivity contribution in [2.45, 2.75) is 0 Å². The maximum Gasteiger partial charge on any atom is 0.329 e. The summed E-state index contributed by atoms with van der Waals surface area (Å²) in [7, 11) is 0. The van der Waals surface area contributed by atoms with Crippen molar-refractivity contribution in [3.8, 4) is 44.5 Å². The van der Waals surface area contributed by atoms with Crippen molar-refractivity contribution in [1.29, 1.82) is 0 Å². The second-order valence-electron chi connectivity index (χ2n) is 10.1. The van der Waals surface area contributed by atoms with E-state index in [1.54, 1.807) is 0 Å². The summed E-state index contributed by atoms with van der Waals surface area (Å²) in [5.74, 6) is 0. The van der Waals surface area contributed by atoms with Crippen molar-refractivity contribution < 1.29 is 0 Å². The zero-order valence-corrected chi connectivity index (χ0v) is 20.9. The summed E-state index contributed by atoms with van der Waals surface area (Å²) >= 11 is 0. The van der Waals surface area contributed by atoms with Gasteiger partial charge in [-0.15, -0.1) is 0 Å². The number of fused-ring (bicyclic) bond motifs is 11. The Morgan fingerprint density at radius 3 is 1.53 bits per heavy atom. The van der Waals surface area contributed by atoms with Crippen molar-refractivity contribution in [3.63, 3.8) is 0 Å². The molecule has 38 heavy (non-hydrogen) atoms. The Morgan fingerprint density at radius 2 is 0.842 bits per heavy atom. The molecular weight excluding hydrogens is 457 g/mol. The normalized spacial score (nSPS) is 12.6. The molecule has 6 aromatic carbocycles. The highest BCUT2D eigenvalue weighted by Crippen LogP contribution is 2.46. The molecule has 0 atom stereocenters. The lowest BCUT2D eigenvalue weighted by molar-refractivity contribution is 1.35. The molecular formula is C36H24BN. The Kier molecular flexibility index (Phi) is 4.68. The number of para-hydroxylation sites is 2. The van der Waals surface area contributed by atoms with Crippen molar-refractivity contribution in [3.05, 3.63) is 146 Å². The van der Waals surface area contributed by atoms with Crippen LogP contribution in [0.5, 0.6) is 0 Å². The van der Waals surface area contributed by atoms with Gasteiger partial charge in [0.05, 0.1) is 0 Å². The van der Waals surface area contributed by atoms with Crippen LogP contribution in [0.3, 0.4) is 0 Å². The first kappa shape index (κ1) is 21.3. The van der Waals surface area contributed by atoms with E-state index in [9.17, 15) is 0 Å². The van der Waals surface area contributed by atoms with Crippen molar-refractivity contribution in [2.24, 2.45) is 0 Å². The Balaban J connectivity index is 1.41. The predicted octanol–water partition coefficient (Wildman–Crippen LogP) is 7.93. The van der Waals surface area contributed by atoms with Crippen molar-refractivity contribution in [2.75, 3.05) is 4.81 Å². The molecule has 0 unspecified atom stereocenters. The monoisotopic (exact) mass is 481 g/mol. The zero-order valence-electron chi connectivity index (χ0n) is 20.9. The molecule has 0 saturated heterocycles. The smallest absolute Gasteiger partial charge is 0.329 e. The second kappa shape index (κ2) is 8.36. The molecule has 2 heteroatoms. The van der Waals surface area contributed by atoms with Crippen LogP contribution < -0.4 is 15.7 Å². The molecule has 0 radical (unpaired) electrons. The van der Waals surface area contributed by atoms with Gasteiger partial charge in [0, 0.05) is 22.5 Å². The highest BCUT2D eigenvalue weighted by atomic mass is 15.1. The van der Waals surface area contributed by atoms with Gasteiger partial charge in [-0.1, -0.05) is 133 Å². The summed E-state index contributed by atoms with van der Waals surface area (Å²) in [5, 5.41) is 0. The number of benzene rings is 6. The summed E-state index contributed by atoms with van der Waals surface area (Å²) in [4.78, 5) is 2.56. The van der Waals surface area contributed by atoms with E-state index in [1.165, 1.54) is 66.8 Å². The van der Waals surface area contributed by atoms with Gasteiger partial charge in [0.15, 0.2) is 0 Å². The lowest BCUT2D eigenvalue weighted by Gasteiger charge is -2.43. The zero-order chi connectivity index (χ0) is 25.1. The average Bonchev–Trinajstić information content (AvgIpc) is 3.01. The van der Waals surface area contributed by atoms with Crippen LogP contribution in [0.2, 0.25) is 0 Å². The lowest BCUT2D eigenvalue weighted by Crippen LogP contribution is -2.59. The second-order valence-corrected chi connectivity index (χ2v) is 10.1. The van der Waals surface area contributed by atoms with E-state index in [4.69, 9.17) is 0 Å². The first-order chi connectivity index (χ1) is 18.9. The third-order valence-electron chi connectivity index (χ3n) is 8.09. The number of hydrogen-bond acceptors (Lipinski definition) is 1. The Bertz CT molecular complexity index is 1840. The molecule has 0 saturated carbocycles. The summed E-state index contributed by atoms with van der Waals surface area (Å²) in [6.07, 6.45) is 0. The fourth-order valence-electron chi connectivity index (χ4n) is 6.46. The van der Waals surface area contributed by atoms with E-state index < -0.39 is 0 Å². The minimum atomic E-state index is 0.106. The van der Waals surface area contributed by atoms with Gasteiger partial charge in [-0.3, -0.25) is 0 Å². The van der Waals surface area contributed by atoms with E-state index in [1.807, 2.05) is 0 Å². The molecule has 0 aliphatic carbocycles. The van der Waals surface area contributed by atoms with Crippen LogP contribution in [0.15, 0.2) is 146 Å². The van der Waals surface area contributed by atoms with Gasteiger partial charge in [0.2, 0.25) is 0 Å². The Labute approximate surface area is 223 Å². The molecule has 1 nitrogen and oxygen atoms in total. The van der Waals surface area contributed by atoms with Crippen molar-refractivity contribution in [1.82, 2.24) is 0 Å². The molecule has 2 aliphatic rings. The van der Waals surface area contributed by atoms with Crippen LogP contribution in [0.1, 0.15) is 0 Å². The van der Waals surface area contributed by atoms with Crippen LogP contribution in [0.25, 0.3) is 44.5 Å². The number of nitrogens with zero attached hydrogens (tertiary/aromatic N) is 1. The summed E-state index contributed by atoms with van der Waals surface area (Å²) < 4.78 is 0. The topological polar surface area (TPSA) is 3.24 Å². The highest BCUT2D eigenvalue weighted by Gasteiger charge is 2.42. The standard InChI is InChI=1S/C36H24BN/c1-2-12-25(13-3-1)27-14-4-5-15-28(27)26-22-23-30-32-18-8-11-21-36(32)38-35-20-10-7-17-31(35)29-16-6-9-19-33(29)37(38)34(30)24-26/h1-24H. The van der Waals surface area contributed by atoms with Crippen LogP contribution in [0.4, 0.5) is 11.4 Å². The molecule has 176 valence electrons. The van der Waals surface area contributed by atoms with E-state index in [0.29, 0.717) is 0 Å². The van der Waals surface area contributed by atoms with E-state index in [-0.39, 0.29) is 6.85 Å². The van der Waals surface area contributed by atoms with Gasteiger partial charge in [0.25, 0.3) is 0 Å². The molecule has 0 spiro atoms. The van der Waals surface area contributed by atoms with Crippen LogP contribution >= 0.6 is 0 Å². The van der Waals surface area contributed by atoms with Crippen LogP contribution in [-0.2, 0) is 0 Å². The average molecular weight is 481 g/mol. The molecule has 8 rings (SSSR count). The summed E-state index contributed by atoms with van der Waals surface area (Å²) in [6.45, 7) is 0.106. The first-order valence-corrected chi connectivity index (χ1v) is 13.2. The highest BCUT2D eigenvalue weighted by molar-refractivity contribution is 6.92. The molecule has 6 aromatic rings. The first-order valence-electron chi connectivity index (χ1n) is 13.2. The van der Waals surface area contributed by atoms with Crippen molar-refractivity contribution >= 4 is 29.1 Å². The number of anilines is 2. The maximum absolute atomic E-state index is 2.56. The summed E-state index contributed by atoms with van der Waals surface area (Å²) in [5.41, 5.74) is 15.5. The number of rotatable bonds is 2. The van der Waals surface area contributed by atoms with E-state index in [0.717, 1.165) is 0 Å². The Morgan fingerprint density at radius 1 is 0.342 bits per heavy atom. The van der Waals surface area contributed by atoms with Gasteiger partial charge in [0.1, 0.15) is 0 Å². The van der Waals surface area contributed by atoms with Crippen LogP contribution in [-0.4, -0.2) is 6.85 Å². The molecule has 0 aromatic heterocycles. The maximum atomic E-state index is 2.56. The van der Waals surface area contributed by atoms with Gasteiger partial charge in [-0.2, -0.15) is 0 Å². The van der Waals surface area contributed by atoms with Gasteiger partial charge < -0.3 is 4.81 Å². The lowest BCUT2D eigenvalue weighted by atomic mass is 9.43. The van der Waals surface area contributed by atoms with Gasteiger partial charge in [-0.05, 0) is 56.4 Å². The fourth-order valence-corrected chi connectivity index (χ4v) is 6.46. The quantitative estimate of drug-likeness (QED) is 0.227. The molecule has 0 N–H and O–H groups in total. The molecule has 2 aliphatic heterocycles. The fraction of sp³-hybridized carbons (Fsp3) is 0. The molecule has 0 amide bonds. The van der Waals surface area contributed by atoms with E-state index in [2.05, 4.69) is 150 Å². The minimum absolute atomic E-state index is 0.106. The SMILES string of the molecule is c1ccc(-c2ccccc2-c2ccc3c(c2)B2c4ccccc4-c4ccccc4N2c2ccccc2-3)cc1. The minimum Gasteiger partial charge on any atom is -0.376 e. The third-order valence-corrected chi connectivity index (χ3v) is 8.09. The van der Waals surface area contributed by atoms with Gasteiger partial charge >= 0.3 is 6.85 Å². The third kappa shape index (κ3) is 3.07. The Hall–Kier alpha value is -4.82. The largest absolute Gasteiger partial charge is 0.376 e. The summed E-state index contributed by atoms with van der Waals surface area (Å²) in [6, 6.07) is 53.2. The van der Waals surface area contributed by atoms with Crippen LogP contribution in [0, 0.1) is 0 Å². The van der Waals surface area contributed by atoms with Gasteiger partial charge in [-0.25, -0.2) is 0 Å². The number of hydrogen-bond donors (Lipinski definition) is 0. The molecule has 0 bridgehead atoms. The molecule has 0 fully saturated rings.